The van der Waals surface area contributed by atoms with E-state index in [1.807, 2.05) is 4.90 Å². The molecule has 1 saturated heterocycles. The van der Waals surface area contributed by atoms with E-state index in [1.165, 1.54) is 18.2 Å². The van der Waals surface area contributed by atoms with Crippen molar-refractivity contribution in [3.05, 3.63) is 51.0 Å². The van der Waals surface area contributed by atoms with Crippen molar-refractivity contribution in [2.75, 3.05) is 31.2 Å². The largest absolute Gasteiger partial charge is 0.378 e. The number of H-pyrrole nitrogens is 2. The zero-order chi connectivity index (χ0) is 17.4. The first kappa shape index (κ1) is 16.0. The van der Waals surface area contributed by atoms with Crippen molar-refractivity contribution in [1.29, 1.82) is 0 Å². The van der Waals surface area contributed by atoms with Crippen LogP contribution in [0.5, 0.6) is 0 Å². The summed E-state index contributed by atoms with van der Waals surface area (Å²) in [4.78, 5) is 28.6. The standard InChI is InChI=1S/C16H15ClFN5O2/c17-9-5-11-12(6-10(9)18)20-13(19-11)7-14-21-15(8-16(24)22-14)23-1-3-25-4-2-23/h5-6,8H,1-4,7H2,(H,19,20)(H,21,22,24). The Labute approximate surface area is 146 Å². The molecule has 0 unspecified atom stereocenters. The number of aromatic nitrogens is 4. The van der Waals surface area contributed by atoms with Crippen LogP contribution in [0.1, 0.15) is 11.6 Å². The third-order valence-electron chi connectivity index (χ3n) is 4.02. The van der Waals surface area contributed by atoms with E-state index in [0.717, 1.165) is 0 Å². The fraction of sp³-hybridized carbons (Fsp3) is 0.312. The highest BCUT2D eigenvalue weighted by Gasteiger charge is 2.15. The Kier molecular flexibility index (Phi) is 4.14. The number of benzene rings is 1. The molecular weight excluding hydrogens is 349 g/mol. The summed E-state index contributed by atoms with van der Waals surface area (Å²) in [6, 6.07) is 4.24. The lowest BCUT2D eigenvalue weighted by Crippen LogP contribution is -2.37. The molecule has 3 aromatic rings. The molecule has 0 saturated carbocycles. The van der Waals surface area contributed by atoms with Gasteiger partial charge in [0.2, 0.25) is 0 Å². The summed E-state index contributed by atoms with van der Waals surface area (Å²) in [5, 5.41) is 0.0198. The topological polar surface area (TPSA) is 86.9 Å². The smallest absolute Gasteiger partial charge is 0.252 e. The van der Waals surface area contributed by atoms with E-state index < -0.39 is 5.82 Å². The molecule has 0 atom stereocenters. The lowest BCUT2D eigenvalue weighted by molar-refractivity contribution is 0.122. The molecule has 2 N–H and O–H groups in total. The molecule has 4 rings (SSSR count). The highest BCUT2D eigenvalue weighted by molar-refractivity contribution is 6.31. The van der Waals surface area contributed by atoms with Crippen molar-refractivity contribution in [3.8, 4) is 0 Å². The molecule has 0 bridgehead atoms. The molecule has 0 radical (unpaired) electrons. The second kappa shape index (κ2) is 6.45. The fourth-order valence-corrected chi connectivity index (χ4v) is 2.99. The second-order valence-electron chi connectivity index (χ2n) is 5.79. The Hall–Kier alpha value is -2.45. The van der Waals surface area contributed by atoms with E-state index in [0.29, 0.717) is 61.2 Å². The summed E-state index contributed by atoms with van der Waals surface area (Å²) < 4.78 is 18.9. The van der Waals surface area contributed by atoms with Gasteiger partial charge in [-0.1, -0.05) is 11.6 Å². The lowest BCUT2D eigenvalue weighted by atomic mass is 10.3. The number of nitrogens with zero attached hydrogens (tertiary/aromatic N) is 3. The predicted octanol–water partition coefficient (Wildman–Crippen LogP) is 1.87. The van der Waals surface area contributed by atoms with Crippen LogP contribution < -0.4 is 10.5 Å². The van der Waals surface area contributed by atoms with Crippen molar-refractivity contribution in [2.24, 2.45) is 0 Å². The number of halogens is 2. The molecule has 0 spiro atoms. The third-order valence-corrected chi connectivity index (χ3v) is 4.31. The van der Waals surface area contributed by atoms with Gasteiger partial charge < -0.3 is 19.6 Å². The minimum atomic E-state index is -0.509. The van der Waals surface area contributed by atoms with Gasteiger partial charge in [0.1, 0.15) is 23.3 Å². The maximum absolute atomic E-state index is 13.5. The first-order chi connectivity index (χ1) is 12.1. The minimum Gasteiger partial charge on any atom is -0.378 e. The number of hydrogen-bond acceptors (Lipinski definition) is 5. The summed E-state index contributed by atoms with van der Waals surface area (Å²) in [7, 11) is 0. The summed E-state index contributed by atoms with van der Waals surface area (Å²) in [5.74, 6) is 1.16. The maximum Gasteiger partial charge on any atom is 0.252 e. The first-order valence-corrected chi connectivity index (χ1v) is 8.23. The van der Waals surface area contributed by atoms with E-state index in [2.05, 4.69) is 19.9 Å². The van der Waals surface area contributed by atoms with Gasteiger partial charge in [-0.2, -0.15) is 0 Å². The van der Waals surface area contributed by atoms with E-state index in [9.17, 15) is 9.18 Å². The zero-order valence-corrected chi connectivity index (χ0v) is 13.9. The van der Waals surface area contributed by atoms with Gasteiger partial charge in [0.05, 0.1) is 35.7 Å². The van der Waals surface area contributed by atoms with Gasteiger partial charge in [-0.15, -0.1) is 0 Å². The molecule has 0 amide bonds. The number of anilines is 1. The van der Waals surface area contributed by atoms with E-state index in [1.54, 1.807) is 0 Å². The normalized spacial score (nSPS) is 15.0. The van der Waals surface area contributed by atoms with Crippen LogP contribution in [0.3, 0.4) is 0 Å². The van der Waals surface area contributed by atoms with E-state index in [4.69, 9.17) is 16.3 Å². The molecule has 2 aromatic heterocycles. The Bertz CT molecular complexity index is 941. The molecule has 3 heterocycles. The number of nitrogens with one attached hydrogen (secondary N) is 2. The molecule has 1 fully saturated rings. The highest BCUT2D eigenvalue weighted by atomic mass is 35.5. The van der Waals surface area contributed by atoms with Gasteiger partial charge in [-0.3, -0.25) is 4.79 Å². The van der Waals surface area contributed by atoms with Gasteiger partial charge >= 0.3 is 0 Å². The maximum atomic E-state index is 13.5. The molecule has 0 aliphatic carbocycles. The Morgan fingerprint density at radius 2 is 1.92 bits per heavy atom. The summed E-state index contributed by atoms with van der Waals surface area (Å²) >= 11 is 5.78. The molecule has 25 heavy (non-hydrogen) atoms. The monoisotopic (exact) mass is 363 g/mol. The van der Waals surface area contributed by atoms with Crippen LogP contribution in [-0.2, 0) is 11.2 Å². The van der Waals surface area contributed by atoms with Gasteiger partial charge in [0.15, 0.2) is 0 Å². The van der Waals surface area contributed by atoms with Crippen molar-refractivity contribution in [2.45, 2.75) is 6.42 Å². The summed E-state index contributed by atoms with van der Waals surface area (Å²) in [5.41, 5.74) is 0.883. The number of morpholine rings is 1. The SMILES string of the molecule is O=c1cc(N2CCOCC2)nc(Cc2nc3cc(Cl)c(F)cc3[nH]2)[nH]1. The van der Waals surface area contributed by atoms with Crippen LogP contribution in [0.25, 0.3) is 11.0 Å². The Morgan fingerprint density at radius 3 is 2.72 bits per heavy atom. The van der Waals surface area contributed by atoms with Crippen LogP contribution in [0.4, 0.5) is 10.2 Å². The van der Waals surface area contributed by atoms with Crippen LogP contribution in [0, 0.1) is 5.82 Å². The van der Waals surface area contributed by atoms with Gasteiger partial charge in [0.25, 0.3) is 5.56 Å². The Balaban J connectivity index is 1.64. The fourth-order valence-electron chi connectivity index (χ4n) is 2.83. The Morgan fingerprint density at radius 1 is 1.16 bits per heavy atom. The average Bonchev–Trinajstić information content (AvgIpc) is 2.96. The molecule has 7 nitrogen and oxygen atoms in total. The molecule has 9 heteroatoms. The number of ether oxygens (including phenoxy) is 1. The summed E-state index contributed by atoms with van der Waals surface area (Å²) in [6.07, 6.45) is 0.293. The van der Waals surface area contributed by atoms with E-state index >= 15 is 0 Å². The molecule has 1 aromatic carbocycles. The summed E-state index contributed by atoms with van der Waals surface area (Å²) in [6.45, 7) is 2.61. The highest BCUT2D eigenvalue weighted by Crippen LogP contribution is 2.22. The lowest BCUT2D eigenvalue weighted by Gasteiger charge is -2.27. The van der Waals surface area contributed by atoms with Crippen LogP contribution in [0.15, 0.2) is 23.0 Å². The number of fused-ring (bicyclic) bond motifs is 1. The third kappa shape index (κ3) is 3.35. The van der Waals surface area contributed by atoms with Crippen molar-refractivity contribution in [3.63, 3.8) is 0 Å². The number of imidazole rings is 1. The van der Waals surface area contributed by atoms with Gasteiger partial charge in [0, 0.05) is 25.2 Å². The first-order valence-electron chi connectivity index (χ1n) is 7.85. The number of hydrogen-bond donors (Lipinski definition) is 2. The number of aromatic amines is 2. The minimum absolute atomic E-state index is 0.0198. The predicted molar refractivity (Wildman–Crippen MR) is 91.8 cm³/mol. The molecule has 1 aliphatic heterocycles. The average molecular weight is 364 g/mol. The van der Waals surface area contributed by atoms with Gasteiger partial charge in [-0.05, 0) is 6.07 Å². The van der Waals surface area contributed by atoms with E-state index in [-0.39, 0.29) is 10.6 Å². The van der Waals surface area contributed by atoms with Crippen molar-refractivity contribution >= 4 is 28.5 Å². The molecular formula is C16H15ClFN5O2. The van der Waals surface area contributed by atoms with Crippen LogP contribution in [0.2, 0.25) is 5.02 Å². The van der Waals surface area contributed by atoms with Crippen molar-refractivity contribution in [1.82, 2.24) is 19.9 Å². The number of rotatable bonds is 3. The van der Waals surface area contributed by atoms with Crippen molar-refractivity contribution < 1.29 is 9.13 Å². The molecule has 130 valence electrons. The van der Waals surface area contributed by atoms with Crippen LogP contribution >= 0.6 is 11.6 Å². The second-order valence-corrected chi connectivity index (χ2v) is 6.20. The zero-order valence-electron chi connectivity index (χ0n) is 13.2. The van der Waals surface area contributed by atoms with Gasteiger partial charge in [-0.25, -0.2) is 14.4 Å². The quantitative estimate of drug-likeness (QED) is 0.741. The van der Waals surface area contributed by atoms with Crippen LogP contribution in [-0.4, -0.2) is 46.2 Å². The molecule has 1 aliphatic rings.